The lowest BCUT2D eigenvalue weighted by molar-refractivity contribution is -0.121. The molecule has 0 aliphatic rings. The van der Waals surface area contributed by atoms with Crippen LogP contribution in [0.15, 0.2) is 24.3 Å². The normalized spacial score (nSPS) is 10.1. The van der Waals surface area contributed by atoms with Crippen molar-refractivity contribution in [3.63, 3.8) is 0 Å². The molecule has 0 fully saturated rings. The maximum Gasteiger partial charge on any atom is 0.220 e. The average Bonchev–Trinajstić information content (AvgIpc) is 2.28. The highest BCUT2D eigenvalue weighted by atomic mass is 16.1. The van der Waals surface area contributed by atoms with Gasteiger partial charge in [0, 0.05) is 13.0 Å². The third-order valence-corrected chi connectivity index (χ3v) is 2.60. The fraction of sp³-hybridized carbons (Fsp3) is 0.462. The summed E-state index contributed by atoms with van der Waals surface area (Å²) in [5.41, 5.74) is 7.76. The van der Waals surface area contributed by atoms with Crippen LogP contribution in [0.4, 0.5) is 0 Å². The largest absolute Gasteiger partial charge is 0.352 e. The third-order valence-electron chi connectivity index (χ3n) is 2.60. The molecule has 0 unspecified atom stereocenters. The summed E-state index contributed by atoms with van der Waals surface area (Å²) in [5.74, 6) is 0.108. The minimum absolute atomic E-state index is 0.108. The standard InChI is InChI=1S/C13H20N2O/c1-11-6-2-3-7-12(11)10-15-13(16)8-4-5-9-14/h2-3,6-7H,4-5,8-10,14H2,1H3,(H,15,16). The highest BCUT2D eigenvalue weighted by molar-refractivity contribution is 5.75. The summed E-state index contributed by atoms with van der Waals surface area (Å²) < 4.78 is 0. The number of aryl methyl sites for hydroxylation is 1. The molecule has 3 N–H and O–H groups in total. The number of carbonyl (C=O) groups excluding carboxylic acids is 1. The van der Waals surface area contributed by atoms with E-state index >= 15 is 0 Å². The van der Waals surface area contributed by atoms with Gasteiger partial charge in [-0.25, -0.2) is 0 Å². The van der Waals surface area contributed by atoms with E-state index < -0.39 is 0 Å². The van der Waals surface area contributed by atoms with Crippen LogP contribution in [0, 0.1) is 6.92 Å². The van der Waals surface area contributed by atoms with Gasteiger partial charge >= 0.3 is 0 Å². The van der Waals surface area contributed by atoms with Crippen molar-refractivity contribution in [3.05, 3.63) is 35.4 Å². The molecule has 0 aliphatic carbocycles. The number of benzene rings is 1. The first-order valence-corrected chi connectivity index (χ1v) is 5.75. The Labute approximate surface area is 97.0 Å². The van der Waals surface area contributed by atoms with E-state index in [1.54, 1.807) is 0 Å². The first-order chi connectivity index (χ1) is 7.74. The van der Waals surface area contributed by atoms with Gasteiger partial charge in [-0.05, 0) is 37.4 Å². The van der Waals surface area contributed by atoms with Gasteiger partial charge in [-0.1, -0.05) is 24.3 Å². The Balaban J connectivity index is 2.29. The lowest BCUT2D eigenvalue weighted by atomic mass is 10.1. The van der Waals surface area contributed by atoms with Gasteiger partial charge in [-0.2, -0.15) is 0 Å². The van der Waals surface area contributed by atoms with E-state index in [0.717, 1.165) is 12.8 Å². The van der Waals surface area contributed by atoms with Crippen molar-refractivity contribution in [2.75, 3.05) is 6.54 Å². The van der Waals surface area contributed by atoms with Crippen molar-refractivity contribution >= 4 is 5.91 Å². The van der Waals surface area contributed by atoms with Crippen molar-refractivity contribution in [1.82, 2.24) is 5.32 Å². The Bertz CT molecular complexity index is 336. The predicted molar refractivity (Wildman–Crippen MR) is 65.9 cm³/mol. The fourth-order valence-electron chi connectivity index (χ4n) is 1.52. The topological polar surface area (TPSA) is 55.1 Å². The molecule has 1 rings (SSSR count). The van der Waals surface area contributed by atoms with Crippen LogP contribution in [0.3, 0.4) is 0 Å². The van der Waals surface area contributed by atoms with Crippen LogP contribution in [0.25, 0.3) is 0 Å². The lowest BCUT2D eigenvalue weighted by Gasteiger charge is -2.07. The second kappa shape index (κ2) is 7.01. The Kier molecular flexibility index (Phi) is 5.57. The smallest absolute Gasteiger partial charge is 0.220 e. The average molecular weight is 220 g/mol. The Morgan fingerprint density at radius 3 is 2.75 bits per heavy atom. The van der Waals surface area contributed by atoms with E-state index in [0.29, 0.717) is 19.5 Å². The van der Waals surface area contributed by atoms with Crippen LogP contribution in [-0.2, 0) is 11.3 Å². The molecule has 16 heavy (non-hydrogen) atoms. The van der Waals surface area contributed by atoms with Crippen LogP contribution >= 0.6 is 0 Å². The molecule has 1 aromatic rings. The minimum atomic E-state index is 0.108. The number of carbonyl (C=O) groups is 1. The van der Waals surface area contributed by atoms with Crippen LogP contribution in [0.2, 0.25) is 0 Å². The van der Waals surface area contributed by atoms with Crippen molar-refractivity contribution in [2.45, 2.75) is 32.7 Å². The number of hydrogen-bond acceptors (Lipinski definition) is 2. The highest BCUT2D eigenvalue weighted by Gasteiger charge is 2.01. The third kappa shape index (κ3) is 4.45. The van der Waals surface area contributed by atoms with Crippen LogP contribution in [0.1, 0.15) is 30.4 Å². The van der Waals surface area contributed by atoms with E-state index in [2.05, 4.69) is 18.3 Å². The zero-order valence-electron chi connectivity index (χ0n) is 9.83. The van der Waals surface area contributed by atoms with E-state index in [4.69, 9.17) is 5.73 Å². The predicted octanol–water partition coefficient (Wildman–Crippen LogP) is 1.74. The number of hydrogen-bond donors (Lipinski definition) is 2. The van der Waals surface area contributed by atoms with Crippen molar-refractivity contribution in [2.24, 2.45) is 5.73 Å². The van der Waals surface area contributed by atoms with Crippen LogP contribution in [-0.4, -0.2) is 12.5 Å². The van der Waals surface area contributed by atoms with E-state index in [1.807, 2.05) is 18.2 Å². The summed E-state index contributed by atoms with van der Waals surface area (Å²) in [4.78, 5) is 11.5. The molecule has 3 heteroatoms. The summed E-state index contributed by atoms with van der Waals surface area (Å²) in [6, 6.07) is 8.08. The minimum Gasteiger partial charge on any atom is -0.352 e. The first kappa shape index (κ1) is 12.7. The van der Waals surface area contributed by atoms with Gasteiger partial charge in [0.05, 0.1) is 0 Å². The monoisotopic (exact) mass is 220 g/mol. The van der Waals surface area contributed by atoms with E-state index in [9.17, 15) is 4.79 Å². The van der Waals surface area contributed by atoms with Crippen molar-refractivity contribution < 1.29 is 4.79 Å². The van der Waals surface area contributed by atoms with Gasteiger partial charge in [0.15, 0.2) is 0 Å². The van der Waals surface area contributed by atoms with E-state index in [-0.39, 0.29) is 5.91 Å². The quantitative estimate of drug-likeness (QED) is 0.717. The summed E-state index contributed by atoms with van der Waals surface area (Å²) >= 11 is 0. The van der Waals surface area contributed by atoms with Gasteiger partial charge in [0.1, 0.15) is 0 Å². The van der Waals surface area contributed by atoms with Crippen molar-refractivity contribution in [3.8, 4) is 0 Å². The number of nitrogens with one attached hydrogen (secondary N) is 1. The number of rotatable bonds is 6. The maximum absolute atomic E-state index is 11.5. The molecule has 1 aromatic carbocycles. The van der Waals surface area contributed by atoms with Crippen molar-refractivity contribution in [1.29, 1.82) is 0 Å². The summed E-state index contributed by atoms with van der Waals surface area (Å²) in [6.45, 7) is 3.33. The molecular formula is C13H20N2O. The molecule has 0 atom stereocenters. The summed E-state index contributed by atoms with van der Waals surface area (Å²) in [6.07, 6.45) is 2.36. The Morgan fingerprint density at radius 2 is 2.06 bits per heavy atom. The van der Waals surface area contributed by atoms with Gasteiger partial charge < -0.3 is 11.1 Å². The van der Waals surface area contributed by atoms with Gasteiger partial charge in [0.25, 0.3) is 0 Å². The van der Waals surface area contributed by atoms with Crippen LogP contribution in [0.5, 0.6) is 0 Å². The maximum atomic E-state index is 11.5. The van der Waals surface area contributed by atoms with E-state index in [1.165, 1.54) is 11.1 Å². The molecule has 0 bridgehead atoms. The fourth-order valence-corrected chi connectivity index (χ4v) is 1.52. The molecule has 88 valence electrons. The SMILES string of the molecule is Cc1ccccc1CNC(=O)CCCCN. The molecule has 0 radical (unpaired) electrons. The van der Waals surface area contributed by atoms with Gasteiger partial charge in [-0.15, -0.1) is 0 Å². The zero-order chi connectivity index (χ0) is 11.8. The summed E-state index contributed by atoms with van der Waals surface area (Å²) in [5, 5.41) is 2.92. The Hall–Kier alpha value is -1.35. The molecule has 0 spiro atoms. The molecule has 0 heterocycles. The first-order valence-electron chi connectivity index (χ1n) is 5.75. The molecule has 0 saturated heterocycles. The second-order valence-corrected chi connectivity index (χ2v) is 3.95. The highest BCUT2D eigenvalue weighted by Crippen LogP contribution is 2.06. The lowest BCUT2D eigenvalue weighted by Crippen LogP contribution is -2.22. The molecule has 0 saturated carbocycles. The Morgan fingerprint density at radius 1 is 1.31 bits per heavy atom. The number of unbranched alkanes of at least 4 members (excludes halogenated alkanes) is 1. The zero-order valence-corrected chi connectivity index (χ0v) is 9.83. The van der Waals surface area contributed by atoms with Crippen LogP contribution < -0.4 is 11.1 Å². The second-order valence-electron chi connectivity index (χ2n) is 3.95. The van der Waals surface area contributed by atoms with Gasteiger partial charge in [0.2, 0.25) is 5.91 Å². The van der Waals surface area contributed by atoms with Gasteiger partial charge in [-0.3, -0.25) is 4.79 Å². The molecule has 1 amide bonds. The molecule has 0 aromatic heterocycles. The number of nitrogens with two attached hydrogens (primary N) is 1. The molecule has 3 nitrogen and oxygen atoms in total. The molecular weight excluding hydrogens is 200 g/mol. The molecule has 0 aliphatic heterocycles. The summed E-state index contributed by atoms with van der Waals surface area (Å²) in [7, 11) is 0. The number of amides is 1.